The first-order valence-electron chi connectivity index (χ1n) is 9.44. The topological polar surface area (TPSA) is 71.5 Å². The molecule has 1 aliphatic rings. The molecule has 2 aromatic carbocycles. The number of pyridine rings is 1. The summed E-state index contributed by atoms with van der Waals surface area (Å²) in [7, 11) is 1.59. The molecule has 1 aromatic heterocycles. The van der Waals surface area contributed by atoms with Crippen LogP contribution >= 0.6 is 0 Å². The number of nitrogens with zero attached hydrogens (tertiary/aromatic N) is 2. The van der Waals surface area contributed by atoms with Gasteiger partial charge in [0.1, 0.15) is 17.1 Å². The maximum atomic E-state index is 13.0. The molecule has 6 heteroatoms. The summed E-state index contributed by atoms with van der Waals surface area (Å²) in [5.74, 6) is 0.166. The zero-order valence-corrected chi connectivity index (χ0v) is 16.1. The molecule has 0 radical (unpaired) electrons. The minimum absolute atomic E-state index is 0.200. The SMILES string of the molecule is COc1ccccc1CNC(=O)c1cccc(C(=O)N2CCc3ccccc32)n1. The van der Waals surface area contributed by atoms with Crippen molar-refractivity contribution in [2.45, 2.75) is 13.0 Å². The highest BCUT2D eigenvalue weighted by Crippen LogP contribution is 2.28. The predicted octanol–water partition coefficient (Wildman–Crippen LogP) is 3.22. The van der Waals surface area contributed by atoms with E-state index in [1.165, 1.54) is 0 Å². The molecule has 29 heavy (non-hydrogen) atoms. The van der Waals surface area contributed by atoms with Crippen LogP contribution in [-0.4, -0.2) is 30.5 Å². The van der Waals surface area contributed by atoms with Gasteiger partial charge in [-0.2, -0.15) is 0 Å². The van der Waals surface area contributed by atoms with Gasteiger partial charge in [-0.15, -0.1) is 0 Å². The van der Waals surface area contributed by atoms with Gasteiger partial charge in [0.05, 0.1) is 7.11 Å². The van der Waals surface area contributed by atoms with Gasteiger partial charge in [-0.25, -0.2) is 4.98 Å². The normalized spacial score (nSPS) is 12.4. The number of ether oxygens (including phenoxy) is 1. The van der Waals surface area contributed by atoms with Crippen molar-refractivity contribution in [3.05, 3.63) is 89.2 Å². The van der Waals surface area contributed by atoms with Crippen molar-refractivity contribution in [1.29, 1.82) is 0 Å². The zero-order valence-electron chi connectivity index (χ0n) is 16.1. The Labute approximate surface area is 169 Å². The molecule has 0 atom stereocenters. The number of carbonyl (C=O) groups excluding carboxylic acids is 2. The predicted molar refractivity (Wildman–Crippen MR) is 110 cm³/mol. The first-order valence-corrected chi connectivity index (χ1v) is 9.44. The molecule has 0 spiro atoms. The molecule has 6 nitrogen and oxygen atoms in total. The Morgan fingerprint density at radius 2 is 1.76 bits per heavy atom. The number of hydrogen-bond acceptors (Lipinski definition) is 4. The van der Waals surface area contributed by atoms with E-state index in [2.05, 4.69) is 10.3 Å². The summed E-state index contributed by atoms with van der Waals surface area (Å²) in [6.45, 7) is 0.923. The third-order valence-electron chi connectivity index (χ3n) is 4.97. The first-order chi connectivity index (χ1) is 14.2. The molecule has 146 valence electrons. The van der Waals surface area contributed by atoms with Crippen molar-refractivity contribution in [1.82, 2.24) is 10.3 Å². The monoisotopic (exact) mass is 387 g/mol. The lowest BCUT2D eigenvalue weighted by molar-refractivity contribution is 0.0945. The van der Waals surface area contributed by atoms with Gasteiger partial charge in [0, 0.05) is 24.3 Å². The highest BCUT2D eigenvalue weighted by molar-refractivity contribution is 6.06. The number of aromatic nitrogens is 1. The van der Waals surface area contributed by atoms with E-state index in [0.29, 0.717) is 18.8 Å². The summed E-state index contributed by atoms with van der Waals surface area (Å²) >= 11 is 0. The second-order valence-electron chi connectivity index (χ2n) is 6.74. The van der Waals surface area contributed by atoms with Crippen LogP contribution in [0.3, 0.4) is 0 Å². The molecule has 0 unspecified atom stereocenters. The second kappa shape index (κ2) is 8.14. The summed E-state index contributed by atoms with van der Waals surface area (Å²) in [5.41, 5.74) is 3.38. The van der Waals surface area contributed by atoms with E-state index in [4.69, 9.17) is 4.74 Å². The van der Waals surface area contributed by atoms with Crippen LogP contribution in [0.4, 0.5) is 5.69 Å². The zero-order chi connectivity index (χ0) is 20.2. The number of hydrogen-bond donors (Lipinski definition) is 1. The van der Waals surface area contributed by atoms with E-state index in [1.807, 2.05) is 48.5 Å². The van der Waals surface area contributed by atoms with Crippen molar-refractivity contribution in [2.24, 2.45) is 0 Å². The quantitative estimate of drug-likeness (QED) is 0.730. The maximum Gasteiger partial charge on any atom is 0.276 e. The Kier molecular flexibility index (Phi) is 5.24. The lowest BCUT2D eigenvalue weighted by Crippen LogP contribution is -2.31. The van der Waals surface area contributed by atoms with Gasteiger partial charge >= 0.3 is 0 Å². The highest BCUT2D eigenvalue weighted by atomic mass is 16.5. The van der Waals surface area contributed by atoms with Crippen molar-refractivity contribution < 1.29 is 14.3 Å². The summed E-state index contributed by atoms with van der Waals surface area (Å²) in [5, 5.41) is 2.83. The van der Waals surface area contributed by atoms with Gasteiger partial charge in [0.15, 0.2) is 0 Å². The molecule has 0 fully saturated rings. The summed E-state index contributed by atoms with van der Waals surface area (Å²) in [6.07, 6.45) is 0.820. The van der Waals surface area contributed by atoms with Crippen LogP contribution in [0, 0.1) is 0 Å². The third-order valence-corrected chi connectivity index (χ3v) is 4.97. The van der Waals surface area contributed by atoms with Crippen LogP contribution in [-0.2, 0) is 13.0 Å². The molecule has 1 aliphatic heterocycles. The maximum absolute atomic E-state index is 13.0. The fourth-order valence-corrected chi connectivity index (χ4v) is 3.48. The number of nitrogens with one attached hydrogen (secondary N) is 1. The number of rotatable bonds is 5. The lowest BCUT2D eigenvalue weighted by atomic mass is 10.2. The van der Waals surface area contributed by atoms with E-state index in [9.17, 15) is 9.59 Å². The molecule has 4 rings (SSSR count). The smallest absolute Gasteiger partial charge is 0.276 e. The third kappa shape index (κ3) is 3.82. The standard InChI is InChI=1S/C23H21N3O3/c1-29-21-12-5-3-8-17(21)15-24-22(27)18-9-6-10-19(25-18)23(28)26-14-13-16-7-2-4-11-20(16)26/h2-12H,13-15H2,1H3,(H,24,27). The number of benzene rings is 2. The van der Waals surface area contributed by atoms with E-state index in [-0.39, 0.29) is 23.2 Å². The van der Waals surface area contributed by atoms with E-state index in [0.717, 1.165) is 23.2 Å². The molecule has 2 heterocycles. The first kappa shape index (κ1) is 18.7. The fourth-order valence-electron chi connectivity index (χ4n) is 3.48. The van der Waals surface area contributed by atoms with Gasteiger partial charge in [-0.1, -0.05) is 42.5 Å². The van der Waals surface area contributed by atoms with E-state index < -0.39 is 0 Å². The van der Waals surface area contributed by atoms with Crippen LogP contribution in [0.2, 0.25) is 0 Å². The number of fused-ring (bicyclic) bond motifs is 1. The Morgan fingerprint density at radius 1 is 1.00 bits per heavy atom. The molecule has 0 bridgehead atoms. The second-order valence-corrected chi connectivity index (χ2v) is 6.74. The summed E-state index contributed by atoms with van der Waals surface area (Å²) in [6, 6.07) is 20.3. The molecule has 0 aliphatic carbocycles. The molecule has 3 aromatic rings. The number of anilines is 1. The van der Waals surface area contributed by atoms with Gasteiger partial charge in [-0.3, -0.25) is 9.59 Å². The van der Waals surface area contributed by atoms with Crippen LogP contribution in [0.5, 0.6) is 5.75 Å². The van der Waals surface area contributed by atoms with Gasteiger partial charge in [-0.05, 0) is 36.2 Å². The Bertz CT molecular complexity index is 1060. The van der Waals surface area contributed by atoms with Crippen LogP contribution in [0.15, 0.2) is 66.7 Å². The molecule has 0 saturated heterocycles. The number of carbonyl (C=O) groups is 2. The number of amides is 2. The molecular weight excluding hydrogens is 366 g/mol. The van der Waals surface area contributed by atoms with Crippen molar-refractivity contribution >= 4 is 17.5 Å². The van der Waals surface area contributed by atoms with Crippen molar-refractivity contribution in [3.8, 4) is 5.75 Å². The van der Waals surface area contributed by atoms with Gasteiger partial charge < -0.3 is 15.0 Å². The Morgan fingerprint density at radius 3 is 2.62 bits per heavy atom. The van der Waals surface area contributed by atoms with Crippen LogP contribution in [0.1, 0.15) is 32.1 Å². The molecule has 2 amide bonds. The van der Waals surface area contributed by atoms with Crippen molar-refractivity contribution in [3.63, 3.8) is 0 Å². The molecule has 0 saturated carbocycles. The largest absolute Gasteiger partial charge is 0.496 e. The molecule has 1 N–H and O–H groups in total. The van der Waals surface area contributed by atoms with Crippen molar-refractivity contribution in [2.75, 3.05) is 18.6 Å². The highest BCUT2D eigenvalue weighted by Gasteiger charge is 2.26. The Hall–Kier alpha value is -3.67. The van der Waals surface area contributed by atoms with Crippen LogP contribution in [0.25, 0.3) is 0 Å². The van der Waals surface area contributed by atoms with E-state index >= 15 is 0 Å². The minimum Gasteiger partial charge on any atom is -0.496 e. The Balaban J connectivity index is 1.49. The minimum atomic E-state index is -0.340. The van der Waals surface area contributed by atoms with Crippen LogP contribution < -0.4 is 15.0 Å². The van der Waals surface area contributed by atoms with Gasteiger partial charge in [0.2, 0.25) is 0 Å². The molecular formula is C23H21N3O3. The average molecular weight is 387 g/mol. The van der Waals surface area contributed by atoms with Gasteiger partial charge in [0.25, 0.3) is 11.8 Å². The fraction of sp³-hybridized carbons (Fsp3) is 0.174. The number of para-hydroxylation sites is 2. The van der Waals surface area contributed by atoms with E-state index in [1.54, 1.807) is 30.2 Å². The summed E-state index contributed by atoms with van der Waals surface area (Å²) in [4.78, 5) is 31.6. The summed E-state index contributed by atoms with van der Waals surface area (Å²) < 4.78 is 5.30. The average Bonchev–Trinajstić information content (AvgIpc) is 3.21. The lowest BCUT2D eigenvalue weighted by Gasteiger charge is -2.17. The number of methoxy groups -OCH3 is 1.